The molecule has 0 unspecified atom stereocenters. The van der Waals surface area contributed by atoms with E-state index in [0.717, 1.165) is 6.26 Å². The highest BCUT2D eigenvalue weighted by molar-refractivity contribution is 7.90. The summed E-state index contributed by atoms with van der Waals surface area (Å²) in [6.45, 7) is 1.99. The molecule has 2 heterocycles. The highest BCUT2D eigenvalue weighted by Crippen LogP contribution is 2.17. The molecule has 0 spiro atoms. The van der Waals surface area contributed by atoms with Gasteiger partial charge in [-0.3, -0.25) is 4.79 Å². The quantitative estimate of drug-likeness (QED) is 0.775. The number of piperazine rings is 1. The molecule has 1 saturated heterocycles. The molecule has 0 aliphatic carbocycles. The van der Waals surface area contributed by atoms with Gasteiger partial charge in [0.2, 0.25) is 5.95 Å². The fraction of sp³-hybridized carbons (Fsp3) is 0.294. The van der Waals surface area contributed by atoms with E-state index >= 15 is 0 Å². The second kappa shape index (κ2) is 6.79. The number of benzene rings is 1. The van der Waals surface area contributed by atoms with Crippen LogP contribution in [0.15, 0.2) is 47.4 Å². The molecule has 0 N–H and O–H groups in total. The van der Waals surface area contributed by atoms with Gasteiger partial charge in [0.05, 0.1) is 4.90 Å². The first-order valence-electron chi connectivity index (χ1n) is 7.81. The number of halogens is 1. The van der Waals surface area contributed by atoms with E-state index in [2.05, 4.69) is 4.98 Å². The number of sulfone groups is 1. The Kier molecular flexibility index (Phi) is 4.71. The Labute approximate surface area is 145 Å². The summed E-state index contributed by atoms with van der Waals surface area (Å²) in [6, 6.07) is 10.7. The fourth-order valence-corrected chi connectivity index (χ4v) is 3.42. The Morgan fingerprint density at radius 3 is 2.40 bits per heavy atom. The van der Waals surface area contributed by atoms with E-state index in [-0.39, 0.29) is 10.8 Å². The zero-order valence-corrected chi connectivity index (χ0v) is 14.5. The summed E-state index contributed by atoms with van der Waals surface area (Å²) in [4.78, 5) is 20.2. The van der Waals surface area contributed by atoms with Crippen molar-refractivity contribution in [3.63, 3.8) is 0 Å². The van der Waals surface area contributed by atoms with Crippen molar-refractivity contribution >= 4 is 21.6 Å². The van der Waals surface area contributed by atoms with Gasteiger partial charge >= 0.3 is 0 Å². The highest BCUT2D eigenvalue weighted by atomic mass is 32.2. The predicted octanol–water partition coefficient (Wildman–Crippen LogP) is 1.59. The minimum atomic E-state index is -3.36. The molecule has 0 bridgehead atoms. The molecule has 3 rings (SSSR count). The number of hydrogen-bond acceptors (Lipinski definition) is 5. The monoisotopic (exact) mass is 363 g/mol. The van der Waals surface area contributed by atoms with E-state index in [1.807, 2.05) is 4.90 Å². The summed E-state index contributed by atoms with van der Waals surface area (Å²) in [7, 11) is -3.36. The highest BCUT2D eigenvalue weighted by Gasteiger charge is 2.23. The van der Waals surface area contributed by atoms with Gasteiger partial charge in [-0.2, -0.15) is 4.39 Å². The average Bonchev–Trinajstić information content (AvgIpc) is 2.61. The molecule has 1 aromatic carbocycles. The van der Waals surface area contributed by atoms with Crippen molar-refractivity contribution in [3.05, 3.63) is 54.0 Å². The zero-order chi connectivity index (χ0) is 18.0. The average molecular weight is 363 g/mol. The molecule has 2 aromatic rings. The van der Waals surface area contributed by atoms with Crippen LogP contribution in [0.3, 0.4) is 0 Å². The van der Waals surface area contributed by atoms with Crippen molar-refractivity contribution in [1.29, 1.82) is 0 Å². The molecule has 1 fully saturated rings. The molecule has 1 aliphatic heterocycles. The smallest absolute Gasteiger partial charge is 0.254 e. The van der Waals surface area contributed by atoms with Gasteiger partial charge in [0.1, 0.15) is 5.82 Å². The predicted molar refractivity (Wildman–Crippen MR) is 91.9 cm³/mol. The summed E-state index contributed by atoms with van der Waals surface area (Å²) >= 11 is 0. The van der Waals surface area contributed by atoms with Gasteiger partial charge in [-0.25, -0.2) is 13.4 Å². The maximum absolute atomic E-state index is 13.2. The second-order valence-electron chi connectivity index (χ2n) is 5.90. The lowest BCUT2D eigenvalue weighted by molar-refractivity contribution is 0.0746. The van der Waals surface area contributed by atoms with Crippen molar-refractivity contribution in [2.75, 3.05) is 37.3 Å². The lowest BCUT2D eigenvalue weighted by Gasteiger charge is -2.35. The molecule has 132 valence electrons. The van der Waals surface area contributed by atoms with E-state index in [1.54, 1.807) is 29.2 Å². The van der Waals surface area contributed by atoms with Crippen LogP contribution in [-0.4, -0.2) is 56.6 Å². The van der Waals surface area contributed by atoms with Gasteiger partial charge in [0.15, 0.2) is 9.84 Å². The van der Waals surface area contributed by atoms with Gasteiger partial charge < -0.3 is 9.80 Å². The first kappa shape index (κ1) is 17.3. The topological polar surface area (TPSA) is 70.6 Å². The van der Waals surface area contributed by atoms with Crippen LogP contribution < -0.4 is 4.90 Å². The maximum Gasteiger partial charge on any atom is 0.254 e. The Morgan fingerprint density at radius 1 is 1.08 bits per heavy atom. The Balaban J connectivity index is 1.70. The van der Waals surface area contributed by atoms with Crippen LogP contribution >= 0.6 is 0 Å². The summed E-state index contributed by atoms with van der Waals surface area (Å²) < 4.78 is 36.5. The minimum absolute atomic E-state index is 0.126. The third-order valence-electron chi connectivity index (χ3n) is 4.10. The molecule has 1 aliphatic rings. The molecule has 0 atom stereocenters. The Morgan fingerprint density at radius 2 is 1.76 bits per heavy atom. The first-order valence-corrected chi connectivity index (χ1v) is 9.70. The van der Waals surface area contributed by atoms with Gasteiger partial charge in [-0.15, -0.1) is 0 Å². The van der Waals surface area contributed by atoms with E-state index in [4.69, 9.17) is 0 Å². The van der Waals surface area contributed by atoms with E-state index in [0.29, 0.717) is 37.6 Å². The van der Waals surface area contributed by atoms with Crippen molar-refractivity contribution in [2.24, 2.45) is 0 Å². The van der Waals surface area contributed by atoms with E-state index < -0.39 is 15.8 Å². The van der Waals surface area contributed by atoms with E-state index in [9.17, 15) is 17.6 Å². The number of anilines is 1. The molecule has 6 nitrogen and oxygen atoms in total. The molecule has 1 amide bonds. The van der Waals surface area contributed by atoms with Crippen molar-refractivity contribution in [2.45, 2.75) is 4.90 Å². The number of hydrogen-bond donors (Lipinski definition) is 0. The van der Waals surface area contributed by atoms with Gasteiger partial charge in [0, 0.05) is 38.0 Å². The van der Waals surface area contributed by atoms with Crippen molar-refractivity contribution in [1.82, 2.24) is 9.88 Å². The maximum atomic E-state index is 13.2. The van der Waals surface area contributed by atoms with Gasteiger partial charge in [-0.1, -0.05) is 12.1 Å². The lowest BCUT2D eigenvalue weighted by atomic mass is 10.2. The zero-order valence-electron chi connectivity index (χ0n) is 13.7. The minimum Gasteiger partial charge on any atom is -0.353 e. The third kappa shape index (κ3) is 3.96. The number of carbonyl (C=O) groups is 1. The first-order chi connectivity index (χ1) is 11.8. The SMILES string of the molecule is CS(=O)(=O)c1cccc(C(=O)N2CCN(c3cccc(F)n3)CC2)c1. The number of nitrogens with zero attached hydrogens (tertiary/aromatic N) is 3. The Hall–Kier alpha value is -2.48. The summed E-state index contributed by atoms with van der Waals surface area (Å²) in [5.41, 5.74) is 0.347. The number of aromatic nitrogens is 1. The standard InChI is InChI=1S/C17H18FN3O3S/c1-25(23,24)14-5-2-4-13(12-14)17(22)21-10-8-20(9-11-21)16-7-3-6-15(18)19-16/h2-7,12H,8-11H2,1H3. The third-order valence-corrected chi connectivity index (χ3v) is 5.21. The molecule has 8 heteroatoms. The van der Waals surface area contributed by atoms with Crippen LogP contribution in [0.1, 0.15) is 10.4 Å². The van der Waals surface area contributed by atoms with Crippen LogP contribution in [0.2, 0.25) is 0 Å². The van der Waals surface area contributed by atoms with Gasteiger partial charge in [0.25, 0.3) is 5.91 Å². The summed E-state index contributed by atoms with van der Waals surface area (Å²) in [6.07, 6.45) is 1.11. The summed E-state index contributed by atoms with van der Waals surface area (Å²) in [5.74, 6) is -0.197. The van der Waals surface area contributed by atoms with Crippen LogP contribution in [0.4, 0.5) is 10.2 Å². The van der Waals surface area contributed by atoms with Crippen LogP contribution in [0.5, 0.6) is 0 Å². The second-order valence-corrected chi connectivity index (χ2v) is 7.91. The number of pyridine rings is 1. The molecular formula is C17H18FN3O3S. The van der Waals surface area contributed by atoms with Gasteiger partial charge in [-0.05, 0) is 30.3 Å². The van der Waals surface area contributed by atoms with Crippen LogP contribution in [-0.2, 0) is 9.84 Å². The molecule has 25 heavy (non-hydrogen) atoms. The van der Waals surface area contributed by atoms with Crippen molar-refractivity contribution < 1.29 is 17.6 Å². The molecule has 1 aromatic heterocycles. The normalized spacial score (nSPS) is 15.3. The molecule has 0 radical (unpaired) electrons. The molecule has 0 saturated carbocycles. The number of amides is 1. The number of rotatable bonds is 3. The number of carbonyl (C=O) groups excluding carboxylic acids is 1. The lowest BCUT2D eigenvalue weighted by Crippen LogP contribution is -2.49. The fourth-order valence-electron chi connectivity index (χ4n) is 2.75. The Bertz CT molecular complexity index is 894. The molecular weight excluding hydrogens is 345 g/mol. The van der Waals surface area contributed by atoms with Crippen molar-refractivity contribution in [3.8, 4) is 0 Å². The summed E-state index contributed by atoms with van der Waals surface area (Å²) in [5, 5.41) is 0. The largest absolute Gasteiger partial charge is 0.353 e. The van der Waals surface area contributed by atoms with E-state index in [1.165, 1.54) is 18.2 Å². The van der Waals surface area contributed by atoms with Crippen LogP contribution in [0, 0.1) is 5.95 Å². The van der Waals surface area contributed by atoms with Crippen LogP contribution in [0.25, 0.3) is 0 Å².